The third kappa shape index (κ3) is 2.45. The van der Waals surface area contributed by atoms with Gasteiger partial charge in [0.25, 0.3) is 0 Å². The Morgan fingerprint density at radius 1 is 1.21 bits per heavy atom. The van der Waals surface area contributed by atoms with Crippen LogP contribution in [-0.2, 0) is 6.18 Å². The average Bonchev–Trinajstić information content (AvgIpc) is 2.81. The highest BCUT2D eigenvalue weighted by Crippen LogP contribution is 2.31. The number of piperidine rings is 1. The third-order valence-electron chi connectivity index (χ3n) is 3.47. The highest BCUT2D eigenvalue weighted by molar-refractivity contribution is 5.76. The second-order valence-corrected chi connectivity index (χ2v) is 4.85. The van der Waals surface area contributed by atoms with E-state index in [1.54, 1.807) is 0 Å². The van der Waals surface area contributed by atoms with Gasteiger partial charge in [-0.25, -0.2) is 4.98 Å². The standard InChI is InChI=1S/C13H14F3N3/c14-13(15,16)8-4-5-9-11(7-8)19-12(18-9)10-3-1-2-6-17-10/h4-5,7,10,17H,1-3,6H2,(H,18,19). The van der Waals surface area contributed by atoms with Gasteiger partial charge < -0.3 is 10.3 Å². The number of nitrogens with zero attached hydrogens (tertiary/aromatic N) is 1. The molecule has 3 rings (SSSR count). The van der Waals surface area contributed by atoms with E-state index in [0.29, 0.717) is 11.0 Å². The topological polar surface area (TPSA) is 40.7 Å². The molecule has 19 heavy (non-hydrogen) atoms. The van der Waals surface area contributed by atoms with Crippen LogP contribution < -0.4 is 5.32 Å². The van der Waals surface area contributed by atoms with E-state index < -0.39 is 11.7 Å². The lowest BCUT2D eigenvalue weighted by Gasteiger charge is -2.21. The minimum atomic E-state index is -4.32. The number of imidazole rings is 1. The van der Waals surface area contributed by atoms with Crippen molar-refractivity contribution in [1.29, 1.82) is 0 Å². The predicted molar refractivity (Wildman–Crippen MR) is 65.7 cm³/mol. The minimum absolute atomic E-state index is 0.121. The van der Waals surface area contributed by atoms with E-state index in [1.807, 2.05) is 0 Å². The number of rotatable bonds is 1. The summed E-state index contributed by atoms with van der Waals surface area (Å²) in [7, 11) is 0. The first-order valence-electron chi connectivity index (χ1n) is 6.34. The van der Waals surface area contributed by atoms with Gasteiger partial charge in [-0.3, -0.25) is 0 Å². The fourth-order valence-corrected chi connectivity index (χ4v) is 2.46. The van der Waals surface area contributed by atoms with Crippen LogP contribution in [0.2, 0.25) is 0 Å². The molecule has 1 fully saturated rings. The lowest BCUT2D eigenvalue weighted by atomic mass is 10.0. The van der Waals surface area contributed by atoms with Crippen LogP contribution in [0.4, 0.5) is 13.2 Å². The first-order valence-corrected chi connectivity index (χ1v) is 6.34. The second-order valence-electron chi connectivity index (χ2n) is 4.85. The Kier molecular flexibility index (Phi) is 2.97. The number of fused-ring (bicyclic) bond motifs is 1. The molecule has 1 aromatic heterocycles. The zero-order valence-corrected chi connectivity index (χ0v) is 10.2. The van der Waals surface area contributed by atoms with Gasteiger partial charge in [0.05, 0.1) is 22.6 Å². The van der Waals surface area contributed by atoms with Gasteiger partial charge in [-0.15, -0.1) is 0 Å². The average molecular weight is 269 g/mol. The molecule has 1 aliphatic rings. The van der Waals surface area contributed by atoms with Crippen LogP contribution in [-0.4, -0.2) is 16.5 Å². The van der Waals surface area contributed by atoms with E-state index in [0.717, 1.165) is 43.8 Å². The fourth-order valence-electron chi connectivity index (χ4n) is 2.46. The Morgan fingerprint density at radius 2 is 2.05 bits per heavy atom. The highest BCUT2D eigenvalue weighted by atomic mass is 19.4. The lowest BCUT2D eigenvalue weighted by Crippen LogP contribution is -2.27. The highest BCUT2D eigenvalue weighted by Gasteiger charge is 2.31. The van der Waals surface area contributed by atoms with Crippen LogP contribution >= 0.6 is 0 Å². The van der Waals surface area contributed by atoms with Crippen LogP contribution in [0.1, 0.15) is 36.7 Å². The molecular weight excluding hydrogens is 255 g/mol. The first kappa shape index (κ1) is 12.5. The molecular formula is C13H14F3N3. The van der Waals surface area contributed by atoms with Crippen LogP contribution in [0.15, 0.2) is 18.2 Å². The Morgan fingerprint density at radius 3 is 2.74 bits per heavy atom. The van der Waals surface area contributed by atoms with Crippen molar-refractivity contribution in [2.75, 3.05) is 6.54 Å². The van der Waals surface area contributed by atoms with Crippen molar-refractivity contribution in [3.63, 3.8) is 0 Å². The number of hydrogen-bond donors (Lipinski definition) is 2. The Bertz CT molecular complexity index is 582. The van der Waals surface area contributed by atoms with Crippen molar-refractivity contribution in [1.82, 2.24) is 15.3 Å². The molecule has 1 saturated heterocycles. The number of benzene rings is 1. The van der Waals surface area contributed by atoms with E-state index in [2.05, 4.69) is 15.3 Å². The number of alkyl halides is 3. The summed E-state index contributed by atoms with van der Waals surface area (Å²) in [6, 6.07) is 3.73. The number of nitrogens with one attached hydrogen (secondary N) is 2. The monoisotopic (exact) mass is 269 g/mol. The molecule has 0 spiro atoms. The SMILES string of the molecule is FC(F)(F)c1ccc2nc(C3CCCCN3)[nH]c2c1. The fraction of sp³-hybridized carbons (Fsp3) is 0.462. The largest absolute Gasteiger partial charge is 0.416 e. The van der Waals surface area contributed by atoms with Crippen LogP contribution in [0.25, 0.3) is 11.0 Å². The molecule has 2 aromatic rings. The molecule has 0 saturated carbocycles. The molecule has 0 radical (unpaired) electrons. The van der Waals surface area contributed by atoms with Gasteiger partial charge in [0.2, 0.25) is 0 Å². The Hall–Kier alpha value is -1.56. The van der Waals surface area contributed by atoms with Gasteiger partial charge in [-0.05, 0) is 37.6 Å². The lowest BCUT2D eigenvalue weighted by molar-refractivity contribution is -0.137. The number of hydrogen-bond acceptors (Lipinski definition) is 2. The molecule has 6 heteroatoms. The third-order valence-corrected chi connectivity index (χ3v) is 3.47. The maximum absolute atomic E-state index is 12.6. The Labute approximate surface area is 108 Å². The van der Waals surface area contributed by atoms with Gasteiger partial charge in [-0.1, -0.05) is 6.42 Å². The number of H-pyrrole nitrogens is 1. The van der Waals surface area contributed by atoms with Crippen molar-refractivity contribution in [3.05, 3.63) is 29.6 Å². The quantitative estimate of drug-likeness (QED) is 0.833. The van der Waals surface area contributed by atoms with Gasteiger partial charge in [0.1, 0.15) is 5.82 Å². The second kappa shape index (κ2) is 4.52. The molecule has 1 aliphatic heterocycles. The maximum Gasteiger partial charge on any atom is 0.416 e. The minimum Gasteiger partial charge on any atom is -0.341 e. The maximum atomic E-state index is 12.6. The van der Waals surface area contributed by atoms with E-state index >= 15 is 0 Å². The molecule has 1 aromatic carbocycles. The van der Waals surface area contributed by atoms with Crippen LogP contribution in [0, 0.1) is 0 Å². The van der Waals surface area contributed by atoms with Gasteiger partial charge in [0, 0.05) is 0 Å². The van der Waals surface area contributed by atoms with E-state index in [-0.39, 0.29) is 6.04 Å². The summed E-state index contributed by atoms with van der Waals surface area (Å²) in [6.07, 6.45) is -1.11. The summed E-state index contributed by atoms with van der Waals surface area (Å²) in [6.45, 7) is 0.926. The summed E-state index contributed by atoms with van der Waals surface area (Å²) in [4.78, 5) is 7.38. The first-order chi connectivity index (χ1) is 9.04. The van der Waals surface area contributed by atoms with Crippen LogP contribution in [0.3, 0.4) is 0 Å². The summed E-state index contributed by atoms with van der Waals surface area (Å²) < 4.78 is 37.9. The van der Waals surface area contributed by atoms with E-state index in [1.165, 1.54) is 6.07 Å². The molecule has 0 bridgehead atoms. The smallest absolute Gasteiger partial charge is 0.341 e. The zero-order chi connectivity index (χ0) is 13.5. The van der Waals surface area contributed by atoms with Gasteiger partial charge in [-0.2, -0.15) is 13.2 Å². The summed E-state index contributed by atoms with van der Waals surface area (Å²) in [5, 5.41) is 3.33. The molecule has 3 nitrogen and oxygen atoms in total. The van der Waals surface area contributed by atoms with Crippen molar-refractivity contribution < 1.29 is 13.2 Å². The van der Waals surface area contributed by atoms with Gasteiger partial charge >= 0.3 is 6.18 Å². The van der Waals surface area contributed by atoms with E-state index in [9.17, 15) is 13.2 Å². The summed E-state index contributed by atoms with van der Waals surface area (Å²) >= 11 is 0. The van der Waals surface area contributed by atoms with Crippen molar-refractivity contribution in [3.8, 4) is 0 Å². The number of aromatic amines is 1. The molecule has 2 heterocycles. The Balaban J connectivity index is 1.96. The number of halogens is 3. The van der Waals surface area contributed by atoms with Crippen LogP contribution in [0.5, 0.6) is 0 Å². The predicted octanol–water partition coefficient (Wildman–Crippen LogP) is 3.40. The molecule has 2 N–H and O–H groups in total. The summed E-state index contributed by atoms with van der Waals surface area (Å²) in [5.41, 5.74) is 0.374. The molecule has 1 unspecified atom stereocenters. The van der Waals surface area contributed by atoms with Crippen molar-refractivity contribution in [2.24, 2.45) is 0 Å². The molecule has 1 atom stereocenters. The van der Waals surface area contributed by atoms with Gasteiger partial charge in [0.15, 0.2) is 0 Å². The molecule has 0 amide bonds. The number of aromatic nitrogens is 2. The molecule has 102 valence electrons. The summed E-state index contributed by atoms with van der Waals surface area (Å²) in [5.74, 6) is 0.731. The molecule has 0 aliphatic carbocycles. The van der Waals surface area contributed by atoms with Crippen molar-refractivity contribution in [2.45, 2.75) is 31.5 Å². The van der Waals surface area contributed by atoms with Crippen molar-refractivity contribution >= 4 is 11.0 Å². The van der Waals surface area contributed by atoms with E-state index in [4.69, 9.17) is 0 Å². The normalized spacial score (nSPS) is 20.9. The zero-order valence-electron chi connectivity index (χ0n) is 10.2.